The molecule has 0 amide bonds. The molecule has 1 fully saturated rings. The number of ether oxygens (including phenoxy) is 2. The monoisotopic (exact) mass is 173 g/mol. The van der Waals surface area contributed by atoms with Gasteiger partial charge in [-0.1, -0.05) is 0 Å². The second-order valence-electron chi connectivity index (χ2n) is 3.27. The van der Waals surface area contributed by atoms with Crippen molar-refractivity contribution in [1.29, 1.82) is 0 Å². The number of hydrogen-bond acceptors (Lipinski definition) is 4. The van der Waals surface area contributed by atoms with Crippen LogP contribution < -0.4 is 5.32 Å². The van der Waals surface area contributed by atoms with Crippen molar-refractivity contribution in [3.8, 4) is 0 Å². The molecule has 1 saturated heterocycles. The van der Waals surface area contributed by atoms with Gasteiger partial charge in [0.1, 0.15) is 5.54 Å². The molecule has 0 radical (unpaired) electrons. The Bertz CT molecular complexity index is 183. The van der Waals surface area contributed by atoms with E-state index in [9.17, 15) is 4.79 Å². The molecule has 1 aliphatic heterocycles. The Labute approximate surface area is 72.2 Å². The lowest BCUT2D eigenvalue weighted by Gasteiger charge is -2.20. The second-order valence-corrected chi connectivity index (χ2v) is 3.27. The summed E-state index contributed by atoms with van der Waals surface area (Å²) in [5.41, 5.74) is -0.560. The van der Waals surface area contributed by atoms with Gasteiger partial charge in [-0.2, -0.15) is 0 Å². The van der Waals surface area contributed by atoms with Gasteiger partial charge < -0.3 is 9.47 Å². The highest BCUT2D eigenvalue weighted by Crippen LogP contribution is 2.21. The van der Waals surface area contributed by atoms with Crippen LogP contribution in [0, 0.1) is 0 Å². The van der Waals surface area contributed by atoms with Gasteiger partial charge >= 0.3 is 5.97 Å². The van der Waals surface area contributed by atoms with Crippen LogP contribution >= 0.6 is 0 Å². The molecular formula is C8H15NO3. The molecule has 0 saturated carbocycles. The molecule has 0 aromatic rings. The fourth-order valence-corrected chi connectivity index (χ4v) is 1.49. The summed E-state index contributed by atoms with van der Waals surface area (Å²) in [5.74, 6) is -0.220. The summed E-state index contributed by atoms with van der Waals surface area (Å²) in [7, 11) is 3.05. The Hall–Kier alpha value is -0.610. The predicted molar refractivity (Wildman–Crippen MR) is 43.8 cm³/mol. The zero-order valence-electron chi connectivity index (χ0n) is 7.72. The van der Waals surface area contributed by atoms with Crippen LogP contribution in [0.25, 0.3) is 0 Å². The van der Waals surface area contributed by atoms with Crippen molar-refractivity contribution in [2.75, 3.05) is 20.8 Å². The van der Waals surface area contributed by atoms with Crippen LogP contribution in [-0.4, -0.2) is 38.4 Å². The zero-order valence-corrected chi connectivity index (χ0v) is 7.72. The SMILES string of the molecule is COC(=O)[C@]1(C)C[C@H](OC)CN1. The van der Waals surface area contributed by atoms with Crippen molar-refractivity contribution < 1.29 is 14.3 Å². The summed E-state index contributed by atoms with van der Waals surface area (Å²) >= 11 is 0. The molecule has 0 aromatic carbocycles. The summed E-state index contributed by atoms with van der Waals surface area (Å²) in [4.78, 5) is 11.3. The van der Waals surface area contributed by atoms with Crippen molar-refractivity contribution in [3.63, 3.8) is 0 Å². The quantitative estimate of drug-likeness (QED) is 0.594. The smallest absolute Gasteiger partial charge is 0.325 e. The number of carbonyl (C=O) groups excluding carboxylic acids is 1. The van der Waals surface area contributed by atoms with E-state index >= 15 is 0 Å². The van der Waals surface area contributed by atoms with Crippen LogP contribution in [0.1, 0.15) is 13.3 Å². The van der Waals surface area contributed by atoms with Gasteiger partial charge in [0, 0.05) is 20.1 Å². The van der Waals surface area contributed by atoms with E-state index in [1.165, 1.54) is 7.11 Å². The van der Waals surface area contributed by atoms with Gasteiger partial charge in [0.2, 0.25) is 0 Å². The molecule has 70 valence electrons. The van der Waals surface area contributed by atoms with Gasteiger partial charge in [-0.25, -0.2) is 0 Å². The average Bonchev–Trinajstić information content (AvgIpc) is 2.47. The van der Waals surface area contributed by atoms with Crippen LogP contribution in [0.3, 0.4) is 0 Å². The third-order valence-corrected chi connectivity index (χ3v) is 2.33. The fraction of sp³-hybridized carbons (Fsp3) is 0.875. The van der Waals surface area contributed by atoms with Crippen molar-refractivity contribution in [3.05, 3.63) is 0 Å². The second kappa shape index (κ2) is 3.41. The minimum Gasteiger partial charge on any atom is -0.468 e. The number of carbonyl (C=O) groups is 1. The molecule has 0 aromatic heterocycles. The lowest BCUT2D eigenvalue weighted by Crippen LogP contribution is -2.45. The summed E-state index contributed by atoms with van der Waals surface area (Å²) in [6.45, 7) is 2.54. The molecule has 4 heteroatoms. The first-order valence-corrected chi connectivity index (χ1v) is 3.98. The molecule has 1 aliphatic rings. The molecule has 0 aliphatic carbocycles. The molecule has 0 unspecified atom stereocenters. The van der Waals surface area contributed by atoms with E-state index in [1.807, 2.05) is 6.92 Å². The Kier molecular flexibility index (Phi) is 2.69. The van der Waals surface area contributed by atoms with Gasteiger partial charge in [0.25, 0.3) is 0 Å². The van der Waals surface area contributed by atoms with Crippen molar-refractivity contribution >= 4 is 5.97 Å². The minimum atomic E-state index is -0.560. The van der Waals surface area contributed by atoms with Crippen LogP contribution in [0.15, 0.2) is 0 Å². The van der Waals surface area contributed by atoms with E-state index in [1.54, 1.807) is 7.11 Å². The molecule has 0 bridgehead atoms. The predicted octanol–water partition coefficient (Wildman–Crippen LogP) is -0.0736. The molecule has 12 heavy (non-hydrogen) atoms. The van der Waals surface area contributed by atoms with E-state index in [2.05, 4.69) is 10.1 Å². The third-order valence-electron chi connectivity index (χ3n) is 2.33. The van der Waals surface area contributed by atoms with Gasteiger partial charge in [0.05, 0.1) is 13.2 Å². The molecule has 1 N–H and O–H groups in total. The maximum Gasteiger partial charge on any atom is 0.325 e. The highest BCUT2D eigenvalue weighted by Gasteiger charge is 2.41. The lowest BCUT2D eigenvalue weighted by molar-refractivity contribution is -0.147. The first kappa shape index (κ1) is 9.48. The maximum atomic E-state index is 11.3. The van der Waals surface area contributed by atoms with Crippen LogP contribution in [0.2, 0.25) is 0 Å². The van der Waals surface area contributed by atoms with Crippen LogP contribution in [0.5, 0.6) is 0 Å². The summed E-state index contributed by atoms with van der Waals surface area (Å²) in [5, 5.41) is 3.09. The van der Waals surface area contributed by atoms with Crippen LogP contribution in [0.4, 0.5) is 0 Å². The van der Waals surface area contributed by atoms with Gasteiger partial charge in [-0.15, -0.1) is 0 Å². The van der Waals surface area contributed by atoms with Gasteiger partial charge in [0.15, 0.2) is 0 Å². The highest BCUT2D eigenvalue weighted by atomic mass is 16.5. The molecule has 4 nitrogen and oxygen atoms in total. The van der Waals surface area contributed by atoms with E-state index in [-0.39, 0.29) is 12.1 Å². The number of esters is 1. The van der Waals surface area contributed by atoms with Crippen molar-refractivity contribution in [2.45, 2.75) is 25.0 Å². The zero-order chi connectivity index (χ0) is 9.19. The Morgan fingerprint density at radius 2 is 2.25 bits per heavy atom. The lowest BCUT2D eigenvalue weighted by atomic mass is 10.00. The summed E-state index contributed by atoms with van der Waals surface area (Å²) in [6, 6.07) is 0. The summed E-state index contributed by atoms with van der Waals surface area (Å²) < 4.78 is 9.80. The third kappa shape index (κ3) is 1.59. The van der Waals surface area contributed by atoms with E-state index in [0.717, 1.165) is 0 Å². The van der Waals surface area contributed by atoms with E-state index in [0.29, 0.717) is 13.0 Å². The Morgan fingerprint density at radius 1 is 1.58 bits per heavy atom. The average molecular weight is 173 g/mol. The number of methoxy groups -OCH3 is 2. The first-order valence-electron chi connectivity index (χ1n) is 3.98. The molecule has 0 spiro atoms. The van der Waals surface area contributed by atoms with E-state index in [4.69, 9.17) is 4.74 Å². The van der Waals surface area contributed by atoms with Crippen LogP contribution in [-0.2, 0) is 14.3 Å². The highest BCUT2D eigenvalue weighted by molar-refractivity contribution is 5.80. The maximum absolute atomic E-state index is 11.3. The molecular weight excluding hydrogens is 158 g/mol. The first-order chi connectivity index (χ1) is 5.62. The largest absolute Gasteiger partial charge is 0.468 e. The number of rotatable bonds is 2. The Morgan fingerprint density at radius 3 is 2.67 bits per heavy atom. The molecule has 2 atom stereocenters. The Balaban J connectivity index is 2.57. The minimum absolute atomic E-state index is 0.120. The van der Waals surface area contributed by atoms with Crippen molar-refractivity contribution in [1.82, 2.24) is 5.32 Å². The van der Waals surface area contributed by atoms with E-state index < -0.39 is 5.54 Å². The van der Waals surface area contributed by atoms with Gasteiger partial charge in [-0.3, -0.25) is 10.1 Å². The normalized spacial score (nSPS) is 35.1. The fourth-order valence-electron chi connectivity index (χ4n) is 1.49. The standard InChI is InChI=1S/C8H15NO3/c1-8(7(10)12-3)4-6(11-2)5-9-8/h6,9H,4-5H2,1-3H3/t6-,8-/m0/s1. The molecule has 1 heterocycles. The number of nitrogens with one attached hydrogen (secondary N) is 1. The van der Waals surface area contributed by atoms with Crippen molar-refractivity contribution in [2.24, 2.45) is 0 Å². The molecule has 1 rings (SSSR count). The number of hydrogen-bond donors (Lipinski definition) is 1. The van der Waals surface area contributed by atoms with Gasteiger partial charge in [-0.05, 0) is 6.92 Å². The summed E-state index contributed by atoms with van der Waals surface area (Å²) in [6.07, 6.45) is 0.796. The topological polar surface area (TPSA) is 47.6 Å².